The van der Waals surface area contributed by atoms with Gasteiger partial charge in [-0.15, -0.1) is 11.3 Å². The van der Waals surface area contributed by atoms with Crippen LogP contribution >= 0.6 is 11.3 Å². The number of ether oxygens (including phenoxy) is 2. The standard InChI is InChI=1S/C23H26N2O3S/c1-15-5-7-17(8-6-15)23-21(29-16(2)25-23)14-22(26)24-12-11-18-13-19(27-3)9-10-20(18)28-4/h5-10,13H,11-12,14H2,1-4H3,(H,24,26). The number of aryl methyl sites for hydroxylation is 2. The van der Waals surface area contributed by atoms with E-state index in [0.29, 0.717) is 19.4 Å². The number of aromatic nitrogens is 1. The summed E-state index contributed by atoms with van der Waals surface area (Å²) in [6, 6.07) is 13.9. The molecule has 0 unspecified atom stereocenters. The molecular weight excluding hydrogens is 384 g/mol. The first kappa shape index (κ1) is 20.9. The van der Waals surface area contributed by atoms with Gasteiger partial charge in [-0.1, -0.05) is 29.8 Å². The summed E-state index contributed by atoms with van der Waals surface area (Å²) in [6.07, 6.45) is 0.989. The highest BCUT2D eigenvalue weighted by Crippen LogP contribution is 2.29. The SMILES string of the molecule is COc1ccc(OC)c(CCNC(=O)Cc2sc(C)nc2-c2ccc(C)cc2)c1. The molecule has 2 aromatic carbocycles. The zero-order valence-electron chi connectivity index (χ0n) is 17.2. The topological polar surface area (TPSA) is 60.5 Å². The number of benzene rings is 2. The van der Waals surface area contributed by atoms with Gasteiger partial charge in [0, 0.05) is 17.0 Å². The Hall–Kier alpha value is -2.86. The van der Waals surface area contributed by atoms with Crippen LogP contribution in [0.3, 0.4) is 0 Å². The summed E-state index contributed by atoms with van der Waals surface area (Å²) in [7, 11) is 3.28. The van der Waals surface area contributed by atoms with Crippen LogP contribution in [0.4, 0.5) is 0 Å². The number of carbonyl (C=O) groups is 1. The molecule has 0 atom stereocenters. The number of nitrogens with one attached hydrogen (secondary N) is 1. The Labute approximate surface area is 175 Å². The number of hydrogen-bond acceptors (Lipinski definition) is 5. The highest BCUT2D eigenvalue weighted by molar-refractivity contribution is 7.12. The summed E-state index contributed by atoms with van der Waals surface area (Å²) in [5.41, 5.74) is 4.15. The average molecular weight is 411 g/mol. The Morgan fingerprint density at radius 3 is 2.52 bits per heavy atom. The summed E-state index contributed by atoms with van der Waals surface area (Å²) in [4.78, 5) is 18.2. The Bertz CT molecular complexity index is 980. The van der Waals surface area contributed by atoms with Crippen LogP contribution in [0.25, 0.3) is 11.3 Å². The molecule has 29 heavy (non-hydrogen) atoms. The molecule has 0 saturated heterocycles. The second kappa shape index (κ2) is 9.56. The van der Waals surface area contributed by atoms with Crippen LogP contribution in [0.2, 0.25) is 0 Å². The first-order chi connectivity index (χ1) is 14.0. The molecule has 0 aliphatic carbocycles. The Kier molecular flexibility index (Phi) is 6.88. The Morgan fingerprint density at radius 1 is 1.07 bits per heavy atom. The summed E-state index contributed by atoms with van der Waals surface area (Å²) < 4.78 is 10.7. The molecule has 0 bridgehead atoms. The highest BCUT2D eigenvalue weighted by Gasteiger charge is 2.15. The van der Waals surface area contributed by atoms with Gasteiger partial charge >= 0.3 is 0 Å². The van der Waals surface area contributed by atoms with Gasteiger partial charge in [0.25, 0.3) is 0 Å². The van der Waals surface area contributed by atoms with Crippen LogP contribution in [0.1, 0.15) is 21.0 Å². The molecule has 1 aromatic heterocycles. The predicted molar refractivity (Wildman–Crippen MR) is 117 cm³/mol. The molecule has 0 fully saturated rings. The summed E-state index contributed by atoms with van der Waals surface area (Å²) in [6.45, 7) is 4.56. The fourth-order valence-electron chi connectivity index (χ4n) is 3.15. The average Bonchev–Trinajstić information content (AvgIpc) is 3.08. The molecule has 0 radical (unpaired) electrons. The van der Waals surface area contributed by atoms with Gasteiger partial charge in [-0.2, -0.15) is 0 Å². The van der Waals surface area contributed by atoms with Crippen LogP contribution in [0, 0.1) is 13.8 Å². The lowest BCUT2D eigenvalue weighted by Crippen LogP contribution is -2.27. The van der Waals surface area contributed by atoms with Gasteiger partial charge in [-0.3, -0.25) is 4.79 Å². The van der Waals surface area contributed by atoms with E-state index in [-0.39, 0.29) is 5.91 Å². The van der Waals surface area contributed by atoms with Crippen molar-refractivity contribution in [3.05, 3.63) is 63.5 Å². The van der Waals surface area contributed by atoms with E-state index in [1.807, 2.05) is 25.1 Å². The van der Waals surface area contributed by atoms with Gasteiger partial charge in [0.1, 0.15) is 11.5 Å². The summed E-state index contributed by atoms with van der Waals surface area (Å²) >= 11 is 1.57. The van der Waals surface area contributed by atoms with Crippen molar-refractivity contribution >= 4 is 17.2 Å². The molecule has 0 aliphatic heterocycles. The Morgan fingerprint density at radius 2 is 1.83 bits per heavy atom. The number of thiazole rings is 1. The molecule has 5 nitrogen and oxygen atoms in total. The molecule has 6 heteroatoms. The number of hydrogen-bond donors (Lipinski definition) is 1. The molecule has 1 N–H and O–H groups in total. The third-order valence-electron chi connectivity index (χ3n) is 4.65. The third kappa shape index (κ3) is 5.35. The first-order valence-electron chi connectivity index (χ1n) is 9.51. The van der Waals surface area contributed by atoms with E-state index in [9.17, 15) is 4.79 Å². The summed E-state index contributed by atoms with van der Waals surface area (Å²) in [5, 5.41) is 3.97. The van der Waals surface area contributed by atoms with E-state index >= 15 is 0 Å². The number of amides is 1. The van der Waals surface area contributed by atoms with Crippen LogP contribution < -0.4 is 14.8 Å². The smallest absolute Gasteiger partial charge is 0.225 e. The first-order valence-corrected chi connectivity index (χ1v) is 10.3. The number of nitrogens with zero attached hydrogens (tertiary/aromatic N) is 1. The van der Waals surface area contributed by atoms with Gasteiger partial charge in [-0.25, -0.2) is 4.98 Å². The predicted octanol–water partition coefficient (Wildman–Crippen LogP) is 4.35. The van der Waals surface area contributed by atoms with Gasteiger partial charge in [-0.05, 0) is 44.0 Å². The second-order valence-electron chi connectivity index (χ2n) is 6.83. The minimum atomic E-state index is -0.0103. The van der Waals surface area contributed by atoms with Crippen molar-refractivity contribution in [1.29, 1.82) is 0 Å². The monoisotopic (exact) mass is 410 g/mol. The van der Waals surface area contributed by atoms with Gasteiger partial charge < -0.3 is 14.8 Å². The van der Waals surface area contributed by atoms with Crippen LogP contribution in [0.15, 0.2) is 42.5 Å². The van der Waals surface area contributed by atoms with Crippen molar-refractivity contribution in [3.63, 3.8) is 0 Å². The van der Waals surface area contributed by atoms with E-state index in [2.05, 4.69) is 41.5 Å². The lowest BCUT2D eigenvalue weighted by Gasteiger charge is -2.11. The van der Waals surface area contributed by atoms with Crippen molar-refractivity contribution in [2.45, 2.75) is 26.7 Å². The molecule has 1 amide bonds. The largest absolute Gasteiger partial charge is 0.497 e. The molecule has 152 valence electrons. The lowest BCUT2D eigenvalue weighted by atomic mass is 10.1. The maximum absolute atomic E-state index is 12.5. The summed E-state index contributed by atoms with van der Waals surface area (Å²) in [5.74, 6) is 1.55. The van der Waals surface area contributed by atoms with Crippen LogP contribution in [0.5, 0.6) is 11.5 Å². The van der Waals surface area contributed by atoms with Crippen molar-refractivity contribution in [2.24, 2.45) is 0 Å². The maximum atomic E-state index is 12.5. The van der Waals surface area contributed by atoms with Crippen molar-refractivity contribution in [1.82, 2.24) is 10.3 Å². The minimum Gasteiger partial charge on any atom is -0.497 e. The third-order valence-corrected chi connectivity index (χ3v) is 5.63. The second-order valence-corrected chi connectivity index (χ2v) is 8.11. The molecule has 0 saturated carbocycles. The molecular formula is C23H26N2O3S. The normalized spacial score (nSPS) is 10.6. The van der Waals surface area contributed by atoms with Gasteiger partial charge in [0.15, 0.2) is 0 Å². The molecule has 3 rings (SSSR count). The van der Waals surface area contributed by atoms with Crippen LogP contribution in [-0.4, -0.2) is 31.7 Å². The minimum absolute atomic E-state index is 0.0103. The molecule has 0 aliphatic rings. The quantitative estimate of drug-likeness (QED) is 0.600. The zero-order chi connectivity index (χ0) is 20.8. The Balaban J connectivity index is 1.63. The maximum Gasteiger partial charge on any atom is 0.225 e. The van der Waals surface area contributed by atoms with E-state index in [0.717, 1.165) is 38.2 Å². The molecule has 1 heterocycles. The van der Waals surface area contributed by atoms with Crippen molar-refractivity contribution in [3.8, 4) is 22.8 Å². The zero-order valence-corrected chi connectivity index (χ0v) is 18.1. The fourth-order valence-corrected chi connectivity index (χ4v) is 4.11. The molecule has 3 aromatic rings. The van der Waals surface area contributed by atoms with E-state index in [4.69, 9.17) is 9.47 Å². The number of methoxy groups -OCH3 is 2. The van der Waals surface area contributed by atoms with E-state index in [1.165, 1.54) is 5.56 Å². The molecule has 0 spiro atoms. The number of rotatable bonds is 8. The lowest BCUT2D eigenvalue weighted by molar-refractivity contribution is -0.120. The fraction of sp³-hybridized carbons (Fsp3) is 0.304. The van der Waals surface area contributed by atoms with Crippen molar-refractivity contribution < 1.29 is 14.3 Å². The van der Waals surface area contributed by atoms with Gasteiger partial charge in [0.2, 0.25) is 5.91 Å². The highest BCUT2D eigenvalue weighted by atomic mass is 32.1. The van der Waals surface area contributed by atoms with Crippen LogP contribution in [-0.2, 0) is 17.6 Å². The van der Waals surface area contributed by atoms with E-state index in [1.54, 1.807) is 25.6 Å². The van der Waals surface area contributed by atoms with E-state index < -0.39 is 0 Å². The number of carbonyl (C=O) groups excluding carboxylic acids is 1. The van der Waals surface area contributed by atoms with Crippen molar-refractivity contribution in [2.75, 3.05) is 20.8 Å². The van der Waals surface area contributed by atoms with Gasteiger partial charge in [0.05, 0.1) is 31.3 Å².